The van der Waals surface area contributed by atoms with Crippen molar-refractivity contribution in [1.29, 1.82) is 0 Å². The molecule has 1 heterocycles. The molecular formula is C18H28N2O4S. The third-order valence-corrected chi connectivity index (χ3v) is 5.89. The van der Waals surface area contributed by atoms with Crippen molar-refractivity contribution in [3.05, 3.63) is 23.8 Å². The highest BCUT2D eigenvalue weighted by molar-refractivity contribution is 7.89. The van der Waals surface area contributed by atoms with Gasteiger partial charge in [-0.2, -0.15) is 0 Å². The number of nitrogens with zero attached hydrogens (tertiary/aromatic N) is 1. The number of carbonyl (C=O) groups excluding carboxylic acids is 1. The van der Waals surface area contributed by atoms with Crippen LogP contribution in [0.3, 0.4) is 0 Å². The second kappa shape index (κ2) is 8.19. The van der Waals surface area contributed by atoms with Crippen LogP contribution < -0.4 is 9.46 Å². The summed E-state index contributed by atoms with van der Waals surface area (Å²) in [6, 6.07) is 4.43. The van der Waals surface area contributed by atoms with Gasteiger partial charge in [-0.1, -0.05) is 20.8 Å². The minimum absolute atomic E-state index is 0.0858. The van der Waals surface area contributed by atoms with Gasteiger partial charge in [0.25, 0.3) is 5.91 Å². The molecule has 0 bridgehead atoms. The Hall–Kier alpha value is -1.60. The van der Waals surface area contributed by atoms with E-state index in [0.29, 0.717) is 36.9 Å². The Bertz CT molecular complexity index is 708. The maximum Gasteiger partial charge on any atom is 0.257 e. The number of hydrogen-bond acceptors (Lipinski definition) is 4. The highest BCUT2D eigenvalue weighted by Gasteiger charge is 2.26. The molecule has 6 nitrogen and oxygen atoms in total. The van der Waals surface area contributed by atoms with E-state index in [4.69, 9.17) is 4.74 Å². The summed E-state index contributed by atoms with van der Waals surface area (Å²) < 4.78 is 32.8. The summed E-state index contributed by atoms with van der Waals surface area (Å²) in [6.07, 6.45) is 1.92. The predicted octanol–water partition coefficient (Wildman–Crippen LogP) is 2.50. The van der Waals surface area contributed by atoms with Crippen molar-refractivity contribution in [3.8, 4) is 5.75 Å². The van der Waals surface area contributed by atoms with Crippen LogP contribution in [0.25, 0.3) is 0 Å². The maximum absolute atomic E-state index is 12.9. The second-order valence-electron chi connectivity index (χ2n) is 7.08. The molecule has 7 heteroatoms. The van der Waals surface area contributed by atoms with Gasteiger partial charge in [-0.25, -0.2) is 13.1 Å². The first kappa shape index (κ1) is 19.7. The predicted molar refractivity (Wildman–Crippen MR) is 97.3 cm³/mol. The Labute approximate surface area is 150 Å². The topological polar surface area (TPSA) is 75.7 Å². The monoisotopic (exact) mass is 368 g/mol. The van der Waals surface area contributed by atoms with Gasteiger partial charge in [-0.15, -0.1) is 0 Å². The number of nitrogens with one attached hydrogen (secondary N) is 1. The Morgan fingerprint density at radius 1 is 1.32 bits per heavy atom. The summed E-state index contributed by atoms with van der Waals surface area (Å²) >= 11 is 0. The molecule has 0 spiro atoms. The van der Waals surface area contributed by atoms with Gasteiger partial charge in [0, 0.05) is 19.6 Å². The van der Waals surface area contributed by atoms with Gasteiger partial charge in [0.15, 0.2) is 0 Å². The van der Waals surface area contributed by atoms with E-state index in [2.05, 4.69) is 11.6 Å². The lowest BCUT2D eigenvalue weighted by atomic mass is 9.98. The molecule has 1 N–H and O–H groups in total. The zero-order valence-electron chi connectivity index (χ0n) is 15.4. The smallest absolute Gasteiger partial charge is 0.257 e. The number of carbonyl (C=O) groups is 1. The van der Waals surface area contributed by atoms with E-state index in [1.165, 1.54) is 19.2 Å². The van der Waals surface area contributed by atoms with Gasteiger partial charge in [-0.05, 0) is 42.9 Å². The Morgan fingerprint density at radius 2 is 1.96 bits per heavy atom. The quantitative estimate of drug-likeness (QED) is 0.837. The first-order valence-corrected chi connectivity index (χ1v) is 10.2. The minimum atomic E-state index is -3.65. The van der Waals surface area contributed by atoms with Crippen molar-refractivity contribution in [3.63, 3.8) is 0 Å². The van der Waals surface area contributed by atoms with E-state index in [1.54, 1.807) is 11.0 Å². The molecule has 0 atom stereocenters. The van der Waals surface area contributed by atoms with Crippen LogP contribution >= 0.6 is 0 Å². The highest BCUT2D eigenvalue weighted by atomic mass is 32.2. The Morgan fingerprint density at radius 3 is 2.52 bits per heavy atom. The van der Waals surface area contributed by atoms with Crippen LogP contribution in [0.5, 0.6) is 5.75 Å². The van der Waals surface area contributed by atoms with Crippen LogP contribution in [-0.2, 0) is 10.0 Å². The van der Waals surface area contributed by atoms with Crippen molar-refractivity contribution in [2.24, 2.45) is 11.8 Å². The van der Waals surface area contributed by atoms with E-state index in [0.717, 1.165) is 12.8 Å². The van der Waals surface area contributed by atoms with E-state index in [-0.39, 0.29) is 16.7 Å². The molecule has 140 valence electrons. The van der Waals surface area contributed by atoms with Gasteiger partial charge in [0.1, 0.15) is 5.75 Å². The minimum Gasteiger partial charge on any atom is -0.496 e. The van der Waals surface area contributed by atoms with E-state index in [9.17, 15) is 13.2 Å². The molecule has 1 fully saturated rings. The molecule has 0 saturated carbocycles. The van der Waals surface area contributed by atoms with Crippen molar-refractivity contribution < 1.29 is 17.9 Å². The molecular weight excluding hydrogens is 340 g/mol. The summed E-state index contributed by atoms with van der Waals surface area (Å²) in [5.74, 6) is 1.03. The van der Waals surface area contributed by atoms with Crippen LogP contribution in [0.15, 0.2) is 23.1 Å². The molecule has 1 aliphatic rings. The largest absolute Gasteiger partial charge is 0.496 e. The summed E-state index contributed by atoms with van der Waals surface area (Å²) in [5.41, 5.74) is 0.296. The summed E-state index contributed by atoms with van der Waals surface area (Å²) in [7, 11) is -2.17. The molecule has 0 radical (unpaired) electrons. The molecule has 0 unspecified atom stereocenters. The summed E-state index contributed by atoms with van der Waals surface area (Å²) in [4.78, 5) is 14.7. The normalized spacial score (nSPS) is 16.3. The molecule has 1 amide bonds. The fraction of sp³-hybridized carbons (Fsp3) is 0.611. The number of methoxy groups -OCH3 is 1. The second-order valence-corrected chi connectivity index (χ2v) is 8.85. The molecule has 0 aromatic heterocycles. The summed E-state index contributed by atoms with van der Waals surface area (Å²) in [5, 5.41) is 0. The number of hydrogen-bond donors (Lipinski definition) is 1. The first-order chi connectivity index (χ1) is 11.7. The lowest BCUT2D eigenvalue weighted by Crippen LogP contribution is -2.38. The van der Waals surface area contributed by atoms with Crippen molar-refractivity contribution in [2.75, 3.05) is 26.7 Å². The SMILES string of the molecule is COc1ccc(S(=O)(=O)NCC(C)C)cc1C(=O)N1CCC(C)CC1. The van der Waals surface area contributed by atoms with E-state index < -0.39 is 10.0 Å². The molecule has 25 heavy (non-hydrogen) atoms. The van der Waals surface area contributed by atoms with Crippen molar-refractivity contribution >= 4 is 15.9 Å². The number of sulfonamides is 1. The van der Waals surface area contributed by atoms with Gasteiger partial charge >= 0.3 is 0 Å². The fourth-order valence-corrected chi connectivity index (χ4v) is 4.00. The van der Waals surface area contributed by atoms with Gasteiger partial charge < -0.3 is 9.64 Å². The van der Waals surface area contributed by atoms with Crippen LogP contribution in [0.2, 0.25) is 0 Å². The van der Waals surface area contributed by atoms with Crippen molar-refractivity contribution in [1.82, 2.24) is 9.62 Å². The highest BCUT2D eigenvalue weighted by Crippen LogP contribution is 2.26. The fourth-order valence-electron chi connectivity index (χ4n) is 2.76. The van der Waals surface area contributed by atoms with Gasteiger partial charge in [0.05, 0.1) is 17.6 Å². The zero-order chi connectivity index (χ0) is 18.6. The average Bonchev–Trinajstić information content (AvgIpc) is 2.59. The molecule has 2 rings (SSSR count). The molecule has 0 aliphatic carbocycles. The number of benzene rings is 1. The van der Waals surface area contributed by atoms with Crippen LogP contribution in [0, 0.1) is 11.8 Å². The maximum atomic E-state index is 12.9. The Balaban J connectivity index is 2.29. The number of amides is 1. The Kier molecular flexibility index (Phi) is 6.46. The number of piperidine rings is 1. The zero-order valence-corrected chi connectivity index (χ0v) is 16.2. The van der Waals surface area contributed by atoms with Crippen LogP contribution in [0.1, 0.15) is 44.0 Å². The van der Waals surface area contributed by atoms with Crippen molar-refractivity contribution in [2.45, 2.75) is 38.5 Å². The van der Waals surface area contributed by atoms with E-state index >= 15 is 0 Å². The average molecular weight is 368 g/mol. The molecule has 1 saturated heterocycles. The van der Waals surface area contributed by atoms with Gasteiger partial charge in [-0.3, -0.25) is 4.79 Å². The van der Waals surface area contributed by atoms with Crippen LogP contribution in [0.4, 0.5) is 0 Å². The standard InChI is InChI=1S/C18H28N2O4S/c1-13(2)12-19-25(22,23)15-5-6-17(24-4)16(11-15)18(21)20-9-7-14(3)8-10-20/h5-6,11,13-14,19H,7-10,12H2,1-4H3. The number of likely N-dealkylation sites (tertiary alicyclic amines) is 1. The number of rotatable bonds is 6. The first-order valence-electron chi connectivity index (χ1n) is 8.71. The third-order valence-electron chi connectivity index (χ3n) is 4.46. The lowest BCUT2D eigenvalue weighted by Gasteiger charge is -2.30. The lowest BCUT2D eigenvalue weighted by molar-refractivity contribution is 0.0693. The molecule has 1 aromatic rings. The van der Waals surface area contributed by atoms with Gasteiger partial charge in [0.2, 0.25) is 10.0 Å². The third kappa shape index (κ3) is 4.95. The number of ether oxygens (including phenoxy) is 1. The van der Waals surface area contributed by atoms with E-state index in [1.807, 2.05) is 13.8 Å². The summed E-state index contributed by atoms with van der Waals surface area (Å²) in [6.45, 7) is 7.76. The van der Waals surface area contributed by atoms with Crippen LogP contribution in [-0.4, -0.2) is 46.0 Å². The molecule has 1 aromatic carbocycles. The molecule has 1 aliphatic heterocycles.